The normalized spacial score (nSPS) is 12.8. The van der Waals surface area contributed by atoms with Gasteiger partial charge in [0.15, 0.2) is 0 Å². The molecule has 63 heavy (non-hydrogen) atoms. The Labute approximate surface area is 394 Å². The molecule has 1 aliphatic heterocycles. The second-order valence-corrected chi connectivity index (χ2v) is 22.9. The van der Waals surface area contributed by atoms with E-state index in [1.807, 2.05) is 13.0 Å². The summed E-state index contributed by atoms with van der Waals surface area (Å²) in [5.41, 5.74) is 19.9. The number of para-hydroxylation sites is 1. The van der Waals surface area contributed by atoms with Crippen LogP contribution in [-0.2, 0) is 32.9 Å². The van der Waals surface area contributed by atoms with E-state index in [1.165, 1.54) is 47.3 Å². The van der Waals surface area contributed by atoms with Crippen molar-refractivity contribution in [2.24, 2.45) is 5.41 Å². The monoisotopic (exact) mass is 1080 g/mol. The van der Waals surface area contributed by atoms with E-state index in [4.69, 9.17) is 15.0 Å². The molecule has 0 bridgehead atoms. The summed E-state index contributed by atoms with van der Waals surface area (Å²) < 4.78 is 5.09. The standard InChI is InChI=1S/C55H58BN4OSe.Pt/c1-30(2)38-17-16-18-39(31(3)4)46(38)56-42-19-14-15-20-44(42)60-50-43(56)22-21-40(49(50)59-53(60)41-24-32(5)23-33(6)51(41)61)35-25-36(27-37(26-35)55(11,12)13)48-52-47(57-29-58-48)34(7)45(62-52)28-54(8,9)10;/h14-24,26-27,29-31,61H,28H2,1-13H3;/q-1;. The summed E-state index contributed by atoms with van der Waals surface area (Å²) in [4.78, 5) is 15.6. The molecule has 0 spiro atoms. The average Bonchev–Trinajstić information content (AvgIpc) is 3.76. The third-order valence-electron chi connectivity index (χ3n) is 12.8. The molecule has 1 aliphatic rings. The number of nitrogens with zero attached hydrogens (tertiary/aromatic N) is 4. The van der Waals surface area contributed by atoms with Crippen LogP contribution in [0.4, 0.5) is 0 Å². The molecule has 4 heterocycles. The minimum Gasteiger partial charge on any atom is 0 e. The van der Waals surface area contributed by atoms with Gasteiger partial charge in [-0.15, -0.1) is 0 Å². The summed E-state index contributed by atoms with van der Waals surface area (Å²) in [6.07, 6.45) is 2.79. The zero-order valence-electron chi connectivity index (χ0n) is 39.0. The molecule has 0 saturated heterocycles. The van der Waals surface area contributed by atoms with Gasteiger partial charge in [0.1, 0.15) is 0 Å². The summed E-state index contributed by atoms with van der Waals surface area (Å²) in [5, 5.41) is 11.9. The number of aryl methyl sites for hydroxylation is 3. The van der Waals surface area contributed by atoms with Crippen molar-refractivity contribution in [1.82, 2.24) is 19.5 Å². The van der Waals surface area contributed by atoms with Crippen molar-refractivity contribution in [2.75, 3.05) is 0 Å². The van der Waals surface area contributed by atoms with Crippen molar-refractivity contribution in [3.05, 3.63) is 129 Å². The molecule has 0 fully saturated rings. The largest absolute Gasteiger partial charge is 0 e. The van der Waals surface area contributed by atoms with Crippen molar-refractivity contribution in [3.8, 4) is 45.2 Å². The zero-order valence-corrected chi connectivity index (χ0v) is 43.0. The van der Waals surface area contributed by atoms with Gasteiger partial charge in [-0.2, -0.15) is 0 Å². The zero-order chi connectivity index (χ0) is 44.2. The molecule has 8 heteroatoms. The van der Waals surface area contributed by atoms with Crippen LogP contribution < -0.4 is 16.4 Å². The number of benzene rings is 5. The number of fused-ring (bicyclic) bond motifs is 3. The molecular weight excluding hydrogens is 1020 g/mol. The van der Waals surface area contributed by atoms with Gasteiger partial charge in [-0.3, -0.25) is 0 Å². The quantitative estimate of drug-likeness (QED) is 0.128. The van der Waals surface area contributed by atoms with Gasteiger partial charge in [0.05, 0.1) is 0 Å². The third kappa shape index (κ3) is 7.81. The van der Waals surface area contributed by atoms with Gasteiger partial charge < -0.3 is 0 Å². The van der Waals surface area contributed by atoms with Crippen molar-refractivity contribution in [3.63, 3.8) is 0 Å². The van der Waals surface area contributed by atoms with Crippen LogP contribution in [-0.4, -0.2) is 45.8 Å². The molecule has 5 nitrogen and oxygen atoms in total. The van der Waals surface area contributed by atoms with E-state index in [0.29, 0.717) is 11.8 Å². The molecule has 0 aliphatic carbocycles. The van der Waals surface area contributed by atoms with Crippen LogP contribution in [0.1, 0.15) is 119 Å². The smallest absolute Gasteiger partial charge is 0 e. The molecule has 0 radical (unpaired) electrons. The van der Waals surface area contributed by atoms with Crippen LogP contribution in [0.3, 0.4) is 0 Å². The summed E-state index contributed by atoms with van der Waals surface area (Å²) in [6, 6.07) is 33.1. The SMILES string of the molecule is Cc1cc(C)c(O)c(-c2nc3c(-c4[c-]c(-c5ncnc6c(C)c(CC(C)(C)C)[se]c56)cc(C(C)(C)C)c4)ccc4c3n2-c2ccccc2B4c2c(C(C)C)cccc2C(C)C)c1.[Pt]. The Morgan fingerprint density at radius 2 is 1.44 bits per heavy atom. The molecule has 0 unspecified atom stereocenters. The maximum absolute atomic E-state index is 11.9. The molecule has 8 aromatic rings. The number of hydrogen-bond donors (Lipinski definition) is 1. The number of hydrogen-bond acceptors (Lipinski definition) is 4. The summed E-state index contributed by atoms with van der Waals surface area (Å²) in [6.45, 7) is 29.3. The van der Waals surface area contributed by atoms with E-state index >= 15 is 0 Å². The van der Waals surface area contributed by atoms with E-state index in [9.17, 15) is 5.11 Å². The fourth-order valence-electron chi connectivity index (χ4n) is 9.74. The number of phenolic OH excluding ortho intramolecular Hbond substituents is 1. The maximum Gasteiger partial charge on any atom is 0 e. The first kappa shape index (κ1) is 45.0. The Hall–Kier alpha value is -4.54. The number of aromatic hydroxyl groups is 1. The van der Waals surface area contributed by atoms with Gasteiger partial charge in [0.25, 0.3) is 0 Å². The molecule has 3 aromatic heterocycles. The van der Waals surface area contributed by atoms with E-state index in [2.05, 4.69) is 167 Å². The van der Waals surface area contributed by atoms with Gasteiger partial charge in [-0.25, -0.2) is 0 Å². The molecule has 0 amide bonds. The minimum atomic E-state index is -0.150. The molecule has 1 N–H and O–H groups in total. The molecule has 0 atom stereocenters. The molecular formula is C55H58BN4OPtSe-. The molecule has 324 valence electrons. The maximum atomic E-state index is 11.9. The van der Waals surface area contributed by atoms with Gasteiger partial charge in [-0.05, 0) is 25.7 Å². The first-order chi connectivity index (χ1) is 29.3. The van der Waals surface area contributed by atoms with Gasteiger partial charge in [0, 0.05) is 21.1 Å². The Balaban J connectivity index is 0.00000544. The Kier molecular flexibility index (Phi) is 11.8. The number of aromatic nitrogens is 4. The number of phenols is 1. The van der Waals surface area contributed by atoms with Crippen molar-refractivity contribution in [2.45, 2.75) is 114 Å². The topological polar surface area (TPSA) is 63.8 Å². The van der Waals surface area contributed by atoms with Crippen molar-refractivity contribution in [1.29, 1.82) is 0 Å². The predicted octanol–water partition coefficient (Wildman–Crippen LogP) is 11.4. The first-order valence-corrected chi connectivity index (χ1v) is 23.9. The van der Waals surface area contributed by atoms with Gasteiger partial charge >= 0.3 is 293 Å². The van der Waals surface area contributed by atoms with Crippen LogP contribution in [0.5, 0.6) is 5.75 Å². The van der Waals surface area contributed by atoms with Crippen LogP contribution in [0.15, 0.2) is 85.2 Å². The van der Waals surface area contributed by atoms with Crippen LogP contribution >= 0.6 is 0 Å². The number of rotatable bonds is 7. The molecule has 9 rings (SSSR count). The van der Waals surface area contributed by atoms with Crippen LogP contribution in [0.25, 0.3) is 60.3 Å². The van der Waals surface area contributed by atoms with Crippen LogP contribution in [0, 0.1) is 32.3 Å². The minimum absolute atomic E-state index is 0. The molecule has 0 saturated carbocycles. The van der Waals surface area contributed by atoms with E-state index < -0.39 is 0 Å². The molecule has 5 aromatic carbocycles. The van der Waals surface area contributed by atoms with E-state index in [1.54, 1.807) is 6.33 Å². The summed E-state index contributed by atoms with van der Waals surface area (Å²) in [7, 11) is 0. The van der Waals surface area contributed by atoms with Gasteiger partial charge in [0.2, 0.25) is 0 Å². The predicted molar refractivity (Wildman–Crippen MR) is 263 cm³/mol. The Bertz CT molecular complexity index is 3060. The van der Waals surface area contributed by atoms with E-state index in [-0.39, 0.29) is 58.9 Å². The summed E-state index contributed by atoms with van der Waals surface area (Å²) in [5.74, 6) is 1.67. The van der Waals surface area contributed by atoms with E-state index in [0.717, 1.165) is 73.6 Å². The third-order valence-corrected chi connectivity index (χ3v) is 15.5. The second-order valence-electron chi connectivity index (χ2n) is 20.5. The first-order valence-electron chi connectivity index (χ1n) is 22.2. The fraction of sp³-hybridized carbons (Fsp3) is 0.327. The average molecular weight is 1080 g/mol. The van der Waals surface area contributed by atoms with Gasteiger partial charge in [-0.1, -0.05) is 58.0 Å². The van der Waals surface area contributed by atoms with Crippen molar-refractivity contribution < 1.29 is 26.2 Å². The van der Waals surface area contributed by atoms with Crippen molar-refractivity contribution >= 4 is 58.4 Å². The van der Waals surface area contributed by atoms with Crippen LogP contribution in [0.2, 0.25) is 0 Å². The Morgan fingerprint density at radius 1 is 0.762 bits per heavy atom. The fourth-order valence-corrected chi connectivity index (χ4v) is 13.0. The number of imidazole rings is 1. The summed E-state index contributed by atoms with van der Waals surface area (Å²) >= 11 is 0.117. The second kappa shape index (κ2) is 16.5. The Morgan fingerprint density at radius 3 is 2.11 bits per heavy atom.